The van der Waals surface area contributed by atoms with Crippen molar-refractivity contribution in [3.8, 4) is 0 Å². The SMILES string of the molecule is [B]C1C([B])([B])C(=O)NC(=O)C1([B])n1c(C)nc2cccc(N)c2c1=O. The van der Waals surface area contributed by atoms with E-state index in [1.54, 1.807) is 12.1 Å². The Bertz CT molecular complexity index is 990. The highest BCUT2D eigenvalue weighted by Gasteiger charge is 2.54. The van der Waals surface area contributed by atoms with Gasteiger partial charge in [-0.2, -0.15) is 0 Å². The van der Waals surface area contributed by atoms with Crippen molar-refractivity contribution in [2.24, 2.45) is 0 Å². The highest BCUT2D eigenvalue weighted by atomic mass is 16.2. The Balaban J connectivity index is 2.39. The number of hydrogen-bond acceptors (Lipinski definition) is 5. The summed E-state index contributed by atoms with van der Waals surface area (Å²) < 4.78 is 0.868. The molecule has 1 aromatic carbocycles. The van der Waals surface area contributed by atoms with Crippen molar-refractivity contribution in [1.82, 2.24) is 14.9 Å². The van der Waals surface area contributed by atoms with Crippen LogP contribution in [0.4, 0.5) is 5.69 Å². The third-order valence-electron chi connectivity index (χ3n) is 4.44. The molecule has 1 aliphatic heterocycles. The Morgan fingerprint density at radius 1 is 1.20 bits per heavy atom. The minimum atomic E-state index is -2.23. The fourth-order valence-corrected chi connectivity index (χ4v) is 3.00. The molecule has 1 aromatic heterocycles. The zero-order valence-electron chi connectivity index (χ0n) is 13.3. The van der Waals surface area contributed by atoms with Gasteiger partial charge in [-0.15, -0.1) is 0 Å². The number of nitrogens with zero attached hydrogens (tertiary/aromatic N) is 2. The third-order valence-corrected chi connectivity index (χ3v) is 4.44. The van der Waals surface area contributed by atoms with Gasteiger partial charge in [-0.3, -0.25) is 24.3 Å². The number of carbonyl (C=O) groups excluding carboxylic acids is 2. The maximum absolute atomic E-state index is 13.0. The fraction of sp³-hybridized carbons (Fsp3) is 0.286. The van der Waals surface area contributed by atoms with Crippen molar-refractivity contribution >= 4 is 59.8 Å². The zero-order valence-corrected chi connectivity index (χ0v) is 13.3. The molecule has 3 rings (SSSR count). The molecule has 0 spiro atoms. The lowest BCUT2D eigenvalue weighted by atomic mass is 9.35. The van der Waals surface area contributed by atoms with Crippen molar-refractivity contribution < 1.29 is 9.59 Å². The summed E-state index contributed by atoms with van der Waals surface area (Å²) in [5.41, 5.74) is 3.42. The molecule has 2 amide bonds. The average Bonchev–Trinajstić information content (AvgIpc) is 2.52. The molecule has 0 aliphatic carbocycles. The second-order valence-corrected chi connectivity index (χ2v) is 6.06. The first-order valence-corrected chi connectivity index (χ1v) is 7.29. The van der Waals surface area contributed by atoms with E-state index in [4.69, 9.17) is 37.1 Å². The number of anilines is 1. The van der Waals surface area contributed by atoms with Gasteiger partial charge in [-0.1, -0.05) is 11.9 Å². The van der Waals surface area contributed by atoms with Gasteiger partial charge < -0.3 is 5.73 Å². The number of piperidine rings is 1. The van der Waals surface area contributed by atoms with Crippen LogP contribution >= 0.6 is 0 Å². The number of nitrogen functional groups attached to an aromatic ring is 1. The second-order valence-electron chi connectivity index (χ2n) is 6.06. The molecule has 116 valence electrons. The van der Waals surface area contributed by atoms with Crippen LogP contribution in [0.5, 0.6) is 0 Å². The number of imide groups is 1. The summed E-state index contributed by atoms with van der Waals surface area (Å²) in [6, 6.07) is 4.73. The molecule has 0 bridgehead atoms. The minimum Gasteiger partial charge on any atom is -0.398 e. The molecule has 2 aromatic rings. The largest absolute Gasteiger partial charge is 0.398 e. The van der Waals surface area contributed by atoms with E-state index in [-0.39, 0.29) is 16.9 Å². The molecule has 2 unspecified atom stereocenters. The minimum absolute atomic E-state index is 0.0643. The standard InChI is InChI=1S/C14H10B4N4O3/c1-5-20-7-4-2-3-6(19)8(7)9(23)22(5)14(18)10(15)13(16,17)11(24)21-12(14)25/h2-4,10H,19H2,1H3,(H,21,24,25). The topological polar surface area (TPSA) is 107 Å². The molecule has 1 aliphatic rings. The summed E-state index contributed by atoms with van der Waals surface area (Å²) in [5, 5.41) is -0.156. The molecule has 8 radical (unpaired) electrons. The van der Waals surface area contributed by atoms with Gasteiger partial charge in [-0.25, -0.2) is 4.98 Å². The van der Waals surface area contributed by atoms with Crippen LogP contribution in [0.25, 0.3) is 10.9 Å². The molecular formula is C14H10B4N4O3. The lowest BCUT2D eigenvalue weighted by Crippen LogP contribution is -2.66. The van der Waals surface area contributed by atoms with Gasteiger partial charge in [0.2, 0.25) is 11.8 Å². The van der Waals surface area contributed by atoms with E-state index < -0.39 is 33.8 Å². The van der Waals surface area contributed by atoms with Crippen LogP contribution in [-0.4, -0.2) is 52.8 Å². The normalized spacial score (nSPS) is 25.7. The number of nitrogens with one attached hydrogen (secondary N) is 1. The van der Waals surface area contributed by atoms with Crippen LogP contribution in [0.3, 0.4) is 0 Å². The number of nitrogens with two attached hydrogens (primary N) is 1. The average molecular weight is 326 g/mol. The molecule has 2 heterocycles. The van der Waals surface area contributed by atoms with Crippen LogP contribution < -0.4 is 16.6 Å². The summed E-state index contributed by atoms with van der Waals surface area (Å²) >= 11 is 0. The monoisotopic (exact) mass is 326 g/mol. The Labute approximate surface area is 148 Å². The maximum Gasteiger partial charge on any atom is 0.263 e. The fourth-order valence-electron chi connectivity index (χ4n) is 3.00. The number of hydrogen-bond donors (Lipinski definition) is 2. The lowest BCUT2D eigenvalue weighted by molar-refractivity contribution is -0.138. The first-order chi connectivity index (χ1) is 11.5. The number of carbonyl (C=O) groups is 2. The predicted molar refractivity (Wildman–Crippen MR) is 95.7 cm³/mol. The molecule has 11 heteroatoms. The van der Waals surface area contributed by atoms with Crippen LogP contribution in [0.2, 0.25) is 11.0 Å². The quantitative estimate of drug-likeness (QED) is 0.364. The van der Waals surface area contributed by atoms with E-state index in [9.17, 15) is 14.4 Å². The van der Waals surface area contributed by atoms with Crippen molar-refractivity contribution in [3.05, 3.63) is 34.4 Å². The summed E-state index contributed by atoms with van der Waals surface area (Å²) in [6.07, 6.45) is 0. The zero-order chi connectivity index (χ0) is 18.7. The van der Waals surface area contributed by atoms with Gasteiger partial charge in [0.15, 0.2) is 0 Å². The van der Waals surface area contributed by atoms with Crippen LogP contribution in [0, 0.1) is 6.92 Å². The summed E-state index contributed by atoms with van der Waals surface area (Å²) in [4.78, 5) is 41.6. The Hall–Kier alpha value is -2.44. The van der Waals surface area contributed by atoms with Gasteiger partial charge in [-0.05, 0) is 24.3 Å². The van der Waals surface area contributed by atoms with Crippen molar-refractivity contribution in [2.75, 3.05) is 5.73 Å². The van der Waals surface area contributed by atoms with E-state index in [1.165, 1.54) is 13.0 Å². The van der Waals surface area contributed by atoms with Gasteiger partial charge in [0.1, 0.15) is 13.7 Å². The van der Waals surface area contributed by atoms with E-state index in [1.807, 2.05) is 5.32 Å². The molecule has 1 fully saturated rings. The number of aryl methyl sites for hydroxylation is 1. The Morgan fingerprint density at radius 3 is 2.48 bits per heavy atom. The molecular weight excluding hydrogens is 315 g/mol. The second kappa shape index (κ2) is 5.28. The molecule has 2 atom stereocenters. The number of rotatable bonds is 1. The lowest BCUT2D eigenvalue weighted by Gasteiger charge is -2.49. The smallest absolute Gasteiger partial charge is 0.263 e. The number of benzene rings is 1. The van der Waals surface area contributed by atoms with E-state index in [0.29, 0.717) is 5.52 Å². The van der Waals surface area contributed by atoms with Crippen LogP contribution in [0.15, 0.2) is 23.0 Å². The highest BCUT2D eigenvalue weighted by Crippen LogP contribution is 2.45. The number of aromatic nitrogens is 2. The highest BCUT2D eigenvalue weighted by molar-refractivity contribution is 6.57. The molecule has 3 N–H and O–H groups in total. The van der Waals surface area contributed by atoms with Crippen molar-refractivity contribution in [2.45, 2.75) is 23.4 Å². The summed E-state index contributed by atoms with van der Waals surface area (Å²) in [5.74, 6) is -3.52. The Morgan fingerprint density at radius 2 is 1.84 bits per heavy atom. The van der Waals surface area contributed by atoms with Crippen LogP contribution in [0.1, 0.15) is 5.82 Å². The van der Waals surface area contributed by atoms with Gasteiger partial charge in [0.25, 0.3) is 5.56 Å². The van der Waals surface area contributed by atoms with Gasteiger partial charge >= 0.3 is 0 Å². The number of amides is 2. The van der Waals surface area contributed by atoms with E-state index >= 15 is 0 Å². The molecule has 0 saturated carbocycles. The summed E-state index contributed by atoms with van der Waals surface area (Å²) in [7, 11) is 23.6. The van der Waals surface area contributed by atoms with Gasteiger partial charge in [0, 0.05) is 5.69 Å². The predicted octanol–water partition coefficient (Wildman–Crippen LogP) is -1.82. The maximum atomic E-state index is 13.0. The third kappa shape index (κ3) is 2.18. The molecule has 7 nitrogen and oxygen atoms in total. The summed E-state index contributed by atoms with van der Waals surface area (Å²) in [6.45, 7) is 1.46. The number of fused-ring (bicyclic) bond motifs is 1. The van der Waals surface area contributed by atoms with E-state index in [2.05, 4.69) is 4.98 Å². The first-order valence-electron chi connectivity index (χ1n) is 7.29. The van der Waals surface area contributed by atoms with Crippen LogP contribution in [-0.2, 0) is 15.0 Å². The van der Waals surface area contributed by atoms with Gasteiger partial charge in [0.05, 0.1) is 39.9 Å². The first kappa shape index (κ1) is 17.4. The van der Waals surface area contributed by atoms with Crippen molar-refractivity contribution in [1.29, 1.82) is 0 Å². The van der Waals surface area contributed by atoms with E-state index in [0.717, 1.165) is 4.57 Å². The Kier molecular flexibility index (Phi) is 3.67. The van der Waals surface area contributed by atoms with Crippen molar-refractivity contribution in [3.63, 3.8) is 0 Å². The molecule has 25 heavy (non-hydrogen) atoms. The molecule has 1 saturated heterocycles.